The van der Waals surface area contributed by atoms with Gasteiger partial charge in [0.05, 0.1) is 0 Å². The minimum Gasteiger partial charge on any atom is -0.306 e. The molecule has 0 N–H and O–H groups in total. The van der Waals surface area contributed by atoms with E-state index in [0.29, 0.717) is 0 Å². The van der Waals surface area contributed by atoms with Gasteiger partial charge in [-0.2, -0.15) is 0 Å². The summed E-state index contributed by atoms with van der Waals surface area (Å²) in [5, 5.41) is 0. The van der Waals surface area contributed by atoms with Crippen LogP contribution in [0.2, 0.25) is 0 Å². The first-order valence-corrected chi connectivity index (χ1v) is 5.40. The van der Waals surface area contributed by atoms with Crippen molar-refractivity contribution in [3.05, 3.63) is 29.8 Å². The third-order valence-electron chi connectivity index (χ3n) is 3.39. The van der Waals surface area contributed by atoms with Crippen LogP contribution in [0.1, 0.15) is 24.3 Å². The van der Waals surface area contributed by atoms with Crippen LogP contribution in [0.3, 0.4) is 0 Å². The molecule has 2 heteroatoms. The van der Waals surface area contributed by atoms with Crippen LogP contribution in [-0.2, 0) is 0 Å². The van der Waals surface area contributed by atoms with Crippen LogP contribution >= 0.6 is 0 Å². The molecule has 0 bridgehead atoms. The number of nitrogens with zero attached hydrogens (tertiary/aromatic N) is 1. The molecular formula is C12H18BN. The van der Waals surface area contributed by atoms with Gasteiger partial charge in [-0.1, -0.05) is 29.7 Å². The second-order valence-corrected chi connectivity index (χ2v) is 4.70. The molecule has 74 valence electrons. The fourth-order valence-electron chi connectivity index (χ4n) is 2.12. The van der Waals surface area contributed by atoms with Crippen LogP contribution in [0.4, 0.5) is 0 Å². The van der Waals surface area contributed by atoms with Gasteiger partial charge in [-0.05, 0) is 38.4 Å². The summed E-state index contributed by atoms with van der Waals surface area (Å²) < 4.78 is 0. The Bertz CT molecular complexity index is 299. The summed E-state index contributed by atoms with van der Waals surface area (Å²) in [6.45, 7) is 0. The van der Waals surface area contributed by atoms with E-state index < -0.39 is 0 Å². The van der Waals surface area contributed by atoms with Gasteiger partial charge in [0.15, 0.2) is 0 Å². The Morgan fingerprint density at radius 1 is 1.14 bits per heavy atom. The van der Waals surface area contributed by atoms with Crippen molar-refractivity contribution in [3.63, 3.8) is 0 Å². The summed E-state index contributed by atoms with van der Waals surface area (Å²) in [4.78, 5) is 2.34. The number of hydrogen-bond acceptors (Lipinski definition) is 1. The Morgan fingerprint density at radius 3 is 2.21 bits per heavy atom. The van der Waals surface area contributed by atoms with Crippen molar-refractivity contribution in [2.75, 3.05) is 14.1 Å². The van der Waals surface area contributed by atoms with E-state index in [2.05, 4.69) is 51.1 Å². The third-order valence-corrected chi connectivity index (χ3v) is 3.39. The molecule has 0 saturated heterocycles. The van der Waals surface area contributed by atoms with E-state index in [4.69, 9.17) is 0 Å². The highest BCUT2D eigenvalue weighted by atomic mass is 15.1. The molecule has 1 nitrogen and oxygen atoms in total. The van der Waals surface area contributed by atoms with Crippen LogP contribution in [0.25, 0.3) is 0 Å². The van der Waals surface area contributed by atoms with Gasteiger partial charge in [0.25, 0.3) is 0 Å². The Labute approximate surface area is 87.5 Å². The van der Waals surface area contributed by atoms with Gasteiger partial charge in [0, 0.05) is 6.04 Å². The zero-order valence-electron chi connectivity index (χ0n) is 9.33. The van der Waals surface area contributed by atoms with Crippen LogP contribution < -0.4 is 5.46 Å². The predicted molar refractivity (Wildman–Crippen MR) is 64.1 cm³/mol. The monoisotopic (exact) mass is 187 g/mol. The SMILES string of the molecule is Bc1ccc(C2CC(N(C)C)C2)cc1. The summed E-state index contributed by atoms with van der Waals surface area (Å²) >= 11 is 0. The van der Waals surface area contributed by atoms with E-state index in [-0.39, 0.29) is 0 Å². The first-order chi connectivity index (χ1) is 6.66. The van der Waals surface area contributed by atoms with Crippen molar-refractivity contribution in [2.24, 2.45) is 0 Å². The van der Waals surface area contributed by atoms with Crippen LogP contribution in [0, 0.1) is 0 Å². The Morgan fingerprint density at radius 2 is 1.71 bits per heavy atom. The Hall–Kier alpha value is -0.755. The fourth-order valence-corrected chi connectivity index (χ4v) is 2.12. The molecule has 1 saturated carbocycles. The van der Waals surface area contributed by atoms with E-state index in [0.717, 1.165) is 12.0 Å². The molecule has 2 rings (SSSR count). The predicted octanol–water partition coefficient (Wildman–Crippen LogP) is 0.753. The van der Waals surface area contributed by atoms with Crippen LogP contribution in [0.15, 0.2) is 24.3 Å². The average molecular weight is 187 g/mol. The van der Waals surface area contributed by atoms with Crippen molar-refractivity contribution in [3.8, 4) is 0 Å². The molecule has 1 aliphatic rings. The molecule has 1 aliphatic carbocycles. The van der Waals surface area contributed by atoms with Gasteiger partial charge >= 0.3 is 0 Å². The smallest absolute Gasteiger partial charge is 0.139 e. The Balaban J connectivity index is 1.96. The molecule has 1 fully saturated rings. The lowest BCUT2D eigenvalue weighted by molar-refractivity contribution is 0.166. The van der Waals surface area contributed by atoms with E-state index in [1.165, 1.54) is 23.9 Å². The molecule has 0 aliphatic heterocycles. The first-order valence-electron chi connectivity index (χ1n) is 5.40. The molecule has 0 aromatic heterocycles. The molecule has 1 aromatic carbocycles. The number of hydrogen-bond donors (Lipinski definition) is 0. The van der Waals surface area contributed by atoms with E-state index >= 15 is 0 Å². The van der Waals surface area contributed by atoms with Gasteiger partial charge in [-0.25, -0.2) is 0 Å². The minimum atomic E-state index is 0.807. The summed E-state index contributed by atoms with van der Waals surface area (Å²) in [6, 6.07) is 9.82. The average Bonchev–Trinajstić information content (AvgIpc) is 2.05. The van der Waals surface area contributed by atoms with Gasteiger partial charge in [0.1, 0.15) is 7.85 Å². The maximum absolute atomic E-state index is 2.34. The lowest BCUT2D eigenvalue weighted by Gasteiger charge is -2.40. The number of benzene rings is 1. The second kappa shape index (κ2) is 3.78. The lowest BCUT2D eigenvalue weighted by atomic mass is 9.75. The van der Waals surface area contributed by atoms with Crippen LogP contribution in [-0.4, -0.2) is 32.9 Å². The van der Waals surface area contributed by atoms with Crippen molar-refractivity contribution >= 4 is 13.3 Å². The molecular weight excluding hydrogens is 169 g/mol. The zero-order chi connectivity index (χ0) is 10.1. The van der Waals surface area contributed by atoms with Gasteiger partial charge in [-0.3, -0.25) is 0 Å². The standard InChI is InChI=1S/C12H18BN/c1-14(2)12-7-10(8-12)9-3-5-11(13)6-4-9/h3-6,10,12H,7-8,13H2,1-2H3. The quantitative estimate of drug-likeness (QED) is 0.617. The van der Waals surface area contributed by atoms with Crippen LogP contribution in [0.5, 0.6) is 0 Å². The van der Waals surface area contributed by atoms with E-state index in [1.54, 1.807) is 0 Å². The highest BCUT2D eigenvalue weighted by Gasteiger charge is 2.31. The highest BCUT2D eigenvalue weighted by molar-refractivity contribution is 6.32. The van der Waals surface area contributed by atoms with Crippen molar-refractivity contribution in [1.82, 2.24) is 4.90 Å². The van der Waals surface area contributed by atoms with Gasteiger partial charge in [0.2, 0.25) is 0 Å². The van der Waals surface area contributed by atoms with Crippen molar-refractivity contribution in [1.29, 1.82) is 0 Å². The van der Waals surface area contributed by atoms with E-state index in [9.17, 15) is 0 Å². The summed E-state index contributed by atoms with van der Waals surface area (Å²) in [5.41, 5.74) is 2.88. The summed E-state index contributed by atoms with van der Waals surface area (Å²) in [7, 11) is 6.50. The Kier molecular flexibility index (Phi) is 2.64. The molecule has 1 aromatic rings. The minimum absolute atomic E-state index is 0.807. The number of rotatable bonds is 2. The normalized spacial score (nSPS) is 26.2. The van der Waals surface area contributed by atoms with Crippen molar-refractivity contribution in [2.45, 2.75) is 24.8 Å². The molecule has 0 atom stereocenters. The zero-order valence-corrected chi connectivity index (χ0v) is 9.33. The van der Waals surface area contributed by atoms with E-state index in [1.807, 2.05) is 0 Å². The second-order valence-electron chi connectivity index (χ2n) is 4.70. The first kappa shape index (κ1) is 9.79. The largest absolute Gasteiger partial charge is 0.306 e. The topological polar surface area (TPSA) is 3.24 Å². The molecule has 0 heterocycles. The summed E-state index contributed by atoms with van der Waals surface area (Å²) in [6.07, 6.45) is 2.66. The molecule has 0 radical (unpaired) electrons. The maximum atomic E-state index is 2.34. The lowest BCUT2D eigenvalue weighted by Crippen LogP contribution is -2.39. The van der Waals surface area contributed by atoms with Crippen molar-refractivity contribution < 1.29 is 0 Å². The molecule has 0 spiro atoms. The molecule has 0 amide bonds. The maximum Gasteiger partial charge on any atom is 0.139 e. The highest BCUT2D eigenvalue weighted by Crippen LogP contribution is 2.38. The summed E-state index contributed by atoms with van der Waals surface area (Å²) in [5.74, 6) is 0.808. The molecule has 14 heavy (non-hydrogen) atoms. The third kappa shape index (κ3) is 1.85. The fraction of sp³-hybridized carbons (Fsp3) is 0.500. The van der Waals surface area contributed by atoms with Gasteiger partial charge in [-0.15, -0.1) is 0 Å². The van der Waals surface area contributed by atoms with Gasteiger partial charge < -0.3 is 4.90 Å². The molecule has 0 unspecified atom stereocenters.